The van der Waals surface area contributed by atoms with Gasteiger partial charge >= 0.3 is 5.97 Å². The van der Waals surface area contributed by atoms with Gasteiger partial charge in [-0.15, -0.1) is 0 Å². The van der Waals surface area contributed by atoms with Gasteiger partial charge in [-0.1, -0.05) is 12.1 Å². The van der Waals surface area contributed by atoms with Gasteiger partial charge in [0.25, 0.3) is 0 Å². The molecular formula is C14H20FNO2. The van der Waals surface area contributed by atoms with Crippen LogP contribution >= 0.6 is 0 Å². The molecule has 1 aromatic rings. The lowest BCUT2D eigenvalue weighted by Gasteiger charge is -2.24. The quantitative estimate of drug-likeness (QED) is 0.730. The van der Waals surface area contributed by atoms with Crippen LogP contribution in [0.1, 0.15) is 25.8 Å². The van der Waals surface area contributed by atoms with Crippen molar-refractivity contribution in [1.82, 2.24) is 4.90 Å². The first kappa shape index (κ1) is 14.6. The molecule has 0 radical (unpaired) electrons. The van der Waals surface area contributed by atoms with Crippen molar-refractivity contribution in [1.29, 1.82) is 0 Å². The molecule has 0 spiro atoms. The van der Waals surface area contributed by atoms with Crippen LogP contribution in [0.4, 0.5) is 4.39 Å². The summed E-state index contributed by atoms with van der Waals surface area (Å²) >= 11 is 0. The average molecular weight is 253 g/mol. The van der Waals surface area contributed by atoms with Gasteiger partial charge in [0.2, 0.25) is 0 Å². The molecule has 0 N–H and O–H groups in total. The van der Waals surface area contributed by atoms with E-state index in [-0.39, 0.29) is 17.8 Å². The highest BCUT2D eigenvalue weighted by molar-refractivity contribution is 5.70. The summed E-state index contributed by atoms with van der Waals surface area (Å²) in [6, 6.07) is 6.48. The zero-order valence-electron chi connectivity index (χ0n) is 11.1. The van der Waals surface area contributed by atoms with Crippen molar-refractivity contribution in [2.45, 2.75) is 32.9 Å². The summed E-state index contributed by atoms with van der Waals surface area (Å²) < 4.78 is 17.7. The monoisotopic (exact) mass is 253 g/mol. The van der Waals surface area contributed by atoms with Crippen molar-refractivity contribution in [2.24, 2.45) is 0 Å². The highest BCUT2D eigenvalue weighted by atomic mass is 19.1. The van der Waals surface area contributed by atoms with E-state index in [2.05, 4.69) is 0 Å². The molecule has 0 bridgehead atoms. The molecule has 1 unspecified atom stereocenters. The minimum atomic E-state index is -0.235. The predicted molar refractivity (Wildman–Crippen MR) is 68.6 cm³/mol. The fourth-order valence-corrected chi connectivity index (χ4v) is 1.65. The third-order valence-electron chi connectivity index (χ3n) is 2.87. The molecule has 0 aromatic heterocycles. The van der Waals surface area contributed by atoms with Crippen molar-refractivity contribution in [3.63, 3.8) is 0 Å². The summed E-state index contributed by atoms with van der Waals surface area (Å²) in [6.45, 7) is 4.86. The van der Waals surface area contributed by atoms with E-state index in [1.165, 1.54) is 12.1 Å². The second-order valence-corrected chi connectivity index (χ2v) is 4.40. The van der Waals surface area contributed by atoms with Crippen molar-refractivity contribution in [3.05, 3.63) is 35.6 Å². The topological polar surface area (TPSA) is 29.5 Å². The Balaban J connectivity index is 2.46. The Hall–Kier alpha value is -1.42. The molecule has 1 rings (SSSR count). The van der Waals surface area contributed by atoms with Crippen LogP contribution < -0.4 is 0 Å². The molecule has 0 amide bonds. The Labute approximate surface area is 108 Å². The SMILES string of the molecule is CCOC(=O)CC(C)N(C)Cc1ccc(F)cc1. The lowest BCUT2D eigenvalue weighted by Crippen LogP contribution is -2.31. The summed E-state index contributed by atoms with van der Waals surface area (Å²) in [7, 11) is 1.94. The van der Waals surface area contributed by atoms with Gasteiger partial charge in [-0.05, 0) is 38.6 Å². The van der Waals surface area contributed by atoms with E-state index in [1.807, 2.05) is 18.9 Å². The first-order valence-electron chi connectivity index (χ1n) is 6.13. The molecule has 0 fully saturated rings. The van der Waals surface area contributed by atoms with E-state index < -0.39 is 0 Å². The van der Waals surface area contributed by atoms with Gasteiger partial charge in [-0.25, -0.2) is 4.39 Å². The fourth-order valence-electron chi connectivity index (χ4n) is 1.65. The summed E-state index contributed by atoms with van der Waals surface area (Å²) in [6.07, 6.45) is 0.367. The number of ether oxygens (including phenoxy) is 1. The van der Waals surface area contributed by atoms with Crippen LogP contribution in [-0.2, 0) is 16.1 Å². The van der Waals surface area contributed by atoms with E-state index in [1.54, 1.807) is 19.1 Å². The molecule has 100 valence electrons. The molecule has 0 saturated heterocycles. The zero-order chi connectivity index (χ0) is 13.5. The Bertz CT molecular complexity index is 378. The molecule has 0 aliphatic heterocycles. The van der Waals surface area contributed by atoms with Gasteiger partial charge in [-0.2, -0.15) is 0 Å². The minimum absolute atomic E-state index is 0.0918. The van der Waals surface area contributed by atoms with Crippen LogP contribution in [0, 0.1) is 5.82 Å². The number of carbonyl (C=O) groups is 1. The second-order valence-electron chi connectivity index (χ2n) is 4.40. The maximum Gasteiger partial charge on any atom is 0.307 e. The highest BCUT2D eigenvalue weighted by Crippen LogP contribution is 2.10. The predicted octanol–water partition coefficient (Wildman–Crippen LogP) is 2.60. The second kappa shape index (κ2) is 7.11. The highest BCUT2D eigenvalue weighted by Gasteiger charge is 2.14. The van der Waals surface area contributed by atoms with Crippen LogP contribution in [-0.4, -0.2) is 30.6 Å². The summed E-state index contributed by atoms with van der Waals surface area (Å²) in [5.41, 5.74) is 1.02. The van der Waals surface area contributed by atoms with Crippen molar-refractivity contribution in [3.8, 4) is 0 Å². The van der Waals surface area contributed by atoms with Gasteiger partial charge in [0.05, 0.1) is 13.0 Å². The third-order valence-corrected chi connectivity index (χ3v) is 2.87. The van der Waals surface area contributed by atoms with Gasteiger partial charge in [0.1, 0.15) is 5.82 Å². The Morgan fingerprint density at radius 1 is 1.39 bits per heavy atom. The van der Waals surface area contributed by atoms with Gasteiger partial charge in [0, 0.05) is 12.6 Å². The first-order chi connectivity index (χ1) is 8.52. The van der Waals surface area contributed by atoms with Crippen LogP contribution in [0.2, 0.25) is 0 Å². The van der Waals surface area contributed by atoms with Crippen molar-refractivity contribution in [2.75, 3.05) is 13.7 Å². The number of rotatable bonds is 6. The number of hydrogen-bond acceptors (Lipinski definition) is 3. The van der Waals surface area contributed by atoms with Gasteiger partial charge in [-0.3, -0.25) is 9.69 Å². The minimum Gasteiger partial charge on any atom is -0.466 e. The van der Waals surface area contributed by atoms with Crippen LogP contribution in [0.3, 0.4) is 0 Å². The van der Waals surface area contributed by atoms with E-state index in [0.717, 1.165) is 5.56 Å². The lowest BCUT2D eigenvalue weighted by atomic mass is 10.1. The Morgan fingerprint density at radius 3 is 2.56 bits per heavy atom. The number of carbonyl (C=O) groups excluding carboxylic acids is 1. The third kappa shape index (κ3) is 4.84. The van der Waals surface area contributed by atoms with Gasteiger partial charge < -0.3 is 4.74 Å². The normalized spacial score (nSPS) is 12.5. The fraction of sp³-hybridized carbons (Fsp3) is 0.500. The van der Waals surface area contributed by atoms with E-state index >= 15 is 0 Å². The molecule has 0 aliphatic rings. The van der Waals surface area contributed by atoms with E-state index in [9.17, 15) is 9.18 Å². The number of halogens is 1. The van der Waals surface area contributed by atoms with Crippen molar-refractivity contribution >= 4 is 5.97 Å². The van der Waals surface area contributed by atoms with Crippen molar-refractivity contribution < 1.29 is 13.9 Å². The smallest absolute Gasteiger partial charge is 0.307 e. The molecule has 0 saturated carbocycles. The molecule has 18 heavy (non-hydrogen) atoms. The molecule has 0 aliphatic carbocycles. The van der Waals surface area contributed by atoms with E-state index in [0.29, 0.717) is 19.6 Å². The van der Waals surface area contributed by atoms with Crippen LogP contribution in [0.25, 0.3) is 0 Å². The zero-order valence-corrected chi connectivity index (χ0v) is 11.1. The lowest BCUT2D eigenvalue weighted by molar-refractivity contribution is -0.144. The van der Waals surface area contributed by atoms with Gasteiger partial charge in [0.15, 0.2) is 0 Å². The maximum absolute atomic E-state index is 12.8. The first-order valence-corrected chi connectivity index (χ1v) is 6.13. The Kier molecular flexibility index (Phi) is 5.78. The number of nitrogens with zero attached hydrogens (tertiary/aromatic N) is 1. The maximum atomic E-state index is 12.8. The molecule has 1 atom stereocenters. The average Bonchev–Trinajstić information content (AvgIpc) is 2.32. The largest absolute Gasteiger partial charge is 0.466 e. The number of benzene rings is 1. The summed E-state index contributed by atoms with van der Waals surface area (Å²) in [4.78, 5) is 13.4. The molecule has 4 heteroatoms. The summed E-state index contributed by atoms with van der Waals surface area (Å²) in [5, 5.41) is 0. The van der Waals surface area contributed by atoms with Crippen LogP contribution in [0.5, 0.6) is 0 Å². The molecular weight excluding hydrogens is 233 g/mol. The molecule has 0 heterocycles. The number of esters is 1. The van der Waals surface area contributed by atoms with Crippen LogP contribution in [0.15, 0.2) is 24.3 Å². The summed E-state index contributed by atoms with van der Waals surface area (Å²) in [5.74, 6) is -0.420. The molecule has 3 nitrogen and oxygen atoms in total. The standard InChI is InChI=1S/C14H20FNO2/c1-4-18-14(17)9-11(2)16(3)10-12-5-7-13(15)8-6-12/h5-8,11H,4,9-10H2,1-3H3. The number of hydrogen-bond donors (Lipinski definition) is 0. The Morgan fingerprint density at radius 2 is 2.00 bits per heavy atom. The van der Waals surface area contributed by atoms with E-state index in [4.69, 9.17) is 4.74 Å². The molecule has 1 aromatic carbocycles.